The first-order chi connectivity index (χ1) is 13.9. The number of carboxylic acids is 1. The quantitative estimate of drug-likeness (QED) is 0.628. The minimum Gasteiger partial charge on any atom is -0.478 e. The highest BCUT2D eigenvalue weighted by Crippen LogP contribution is 2.33. The molecule has 0 aromatic heterocycles. The molecule has 2 aromatic carbocycles. The molecule has 2 unspecified atom stereocenters. The second-order valence-corrected chi connectivity index (χ2v) is 8.56. The van der Waals surface area contributed by atoms with Gasteiger partial charge in [0.05, 0.1) is 5.57 Å². The summed E-state index contributed by atoms with van der Waals surface area (Å²) in [6.45, 7) is 2.56. The standard InChI is InChI=1S/C23H23F2NO2S/c1-16(4-5-17-6-10-19(24)11-7-17)29-22-21(23(27)28)3-2-14-26(22)15-18-8-12-20(25)13-9-18/h2-3,6-14,16,22H,4-5,15H2,1H3,(H,27,28). The van der Waals surface area contributed by atoms with E-state index in [4.69, 9.17) is 0 Å². The average molecular weight is 416 g/mol. The van der Waals surface area contributed by atoms with E-state index in [-0.39, 0.29) is 22.3 Å². The molecule has 0 fully saturated rings. The highest BCUT2D eigenvalue weighted by molar-refractivity contribution is 8.00. The van der Waals surface area contributed by atoms with Crippen LogP contribution in [0.25, 0.3) is 0 Å². The molecule has 29 heavy (non-hydrogen) atoms. The van der Waals surface area contributed by atoms with Crippen molar-refractivity contribution in [3.63, 3.8) is 0 Å². The predicted molar refractivity (Wildman–Crippen MR) is 112 cm³/mol. The second-order valence-electron chi connectivity index (χ2n) is 7.03. The third kappa shape index (κ3) is 5.94. The fourth-order valence-corrected chi connectivity index (χ4v) is 4.49. The van der Waals surface area contributed by atoms with E-state index >= 15 is 0 Å². The summed E-state index contributed by atoms with van der Waals surface area (Å²) in [4.78, 5) is 13.7. The Hall–Kier alpha value is -2.60. The Labute approximate surface area is 173 Å². The Balaban J connectivity index is 1.67. The number of benzene rings is 2. The number of carbonyl (C=O) groups is 1. The van der Waals surface area contributed by atoms with Gasteiger partial charge >= 0.3 is 5.97 Å². The van der Waals surface area contributed by atoms with Crippen LogP contribution < -0.4 is 0 Å². The van der Waals surface area contributed by atoms with Gasteiger partial charge in [-0.3, -0.25) is 0 Å². The third-order valence-electron chi connectivity index (χ3n) is 4.76. The maximum atomic E-state index is 13.2. The molecular weight excluding hydrogens is 392 g/mol. The van der Waals surface area contributed by atoms with Crippen molar-refractivity contribution in [2.75, 3.05) is 0 Å². The maximum absolute atomic E-state index is 13.2. The van der Waals surface area contributed by atoms with E-state index < -0.39 is 5.97 Å². The zero-order chi connectivity index (χ0) is 20.8. The Morgan fingerprint density at radius 3 is 2.24 bits per heavy atom. The van der Waals surface area contributed by atoms with Gasteiger partial charge in [-0.2, -0.15) is 0 Å². The summed E-state index contributed by atoms with van der Waals surface area (Å²) in [5.41, 5.74) is 2.29. The van der Waals surface area contributed by atoms with Crippen molar-refractivity contribution < 1.29 is 18.7 Å². The highest BCUT2D eigenvalue weighted by Gasteiger charge is 2.29. The first kappa shape index (κ1) is 21.1. The minimum atomic E-state index is -0.943. The SMILES string of the molecule is CC(CCc1ccc(F)cc1)SC1C(C(=O)O)=CC=CN1Cc1ccc(F)cc1. The molecule has 0 saturated carbocycles. The van der Waals surface area contributed by atoms with E-state index in [1.165, 1.54) is 24.3 Å². The van der Waals surface area contributed by atoms with E-state index in [0.29, 0.717) is 12.1 Å². The lowest BCUT2D eigenvalue weighted by Crippen LogP contribution is -2.35. The van der Waals surface area contributed by atoms with E-state index in [1.54, 1.807) is 48.2 Å². The van der Waals surface area contributed by atoms with Crippen molar-refractivity contribution in [1.82, 2.24) is 4.90 Å². The number of allylic oxidation sites excluding steroid dienone is 2. The smallest absolute Gasteiger partial charge is 0.334 e. The number of hydrogen-bond acceptors (Lipinski definition) is 3. The van der Waals surface area contributed by atoms with Gasteiger partial charge in [-0.15, -0.1) is 11.8 Å². The van der Waals surface area contributed by atoms with Crippen LogP contribution in [0, 0.1) is 11.6 Å². The number of halogens is 2. The number of aryl methyl sites for hydroxylation is 1. The molecule has 0 aliphatic carbocycles. The lowest BCUT2D eigenvalue weighted by molar-refractivity contribution is -0.133. The first-order valence-corrected chi connectivity index (χ1v) is 10.4. The number of carboxylic acid groups (broad SMARTS) is 1. The molecule has 0 saturated heterocycles. The van der Waals surface area contributed by atoms with Crippen molar-refractivity contribution >= 4 is 17.7 Å². The molecule has 1 heterocycles. The molecule has 1 aliphatic rings. The van der Waals surface area contributed by atoms with E-state index in [1.807, 2.05) is 11.1 Å². The molecule has 3 rings (SSSR count). The van der Waals surface area contributed by atoms with Crippen molar-refractivity contribution in [3.05, 3.63) is 95.2 Å². The summed E-state index contributed by atoms with van der Waals surface area (Å²) in [6.07, 6.45) is 6.87. The third-order valence-corrected chi connectivity index (χ3v) is 6.24. The molecule has 6 heteroatoms. The monoisotopic (exact) mass is 415 g/mol. The Kier molecular flexibility index (Phi) is 7.09. The Morgan fingerprint density at radius 2 is 1.66 bits per heavy atom. The van der Waals surface area contributed by atoms with Crippen LogP contribution in [0.5, 0.6) is 0 Å². The molecule has 3 nitrogen and oxygen atoms in total. The maximum Gasteiger partial charge on any atom is 0.334 e. The van der Waals surface area contributed by atoms with Gasteiger partial charge in [0.2, 0.25) is 0 Å². The van der Waals surface area contributed by atoms with Crippen LogP contribution in [0.2, 0.25) is 0 Å². The van der Waals surface area contributed by atoms with E-state index in [9.17, 15) is 18.7 Å². The number of thioether (sulfide) groups is 1. The summed E-state index contributed by atoms with van der Waals surface area (Å²) in [6, 6.07) is 12.7. The van der Waals surface area contributed by atoms with Gasteiger partial charge in [0.15, 0.2) is 0 Å². The van der Waals surface area contributed by atoms with Crippen molar-refractivity contribution in [1.29, 1.82) is 0 Å². The van der Waals surface area contributed by atoms with Crippen LogP contribution >= 0.6 is 11.8 Å². The van der Waals surface area contributed by atoms with Gasteiger partial charge in [-0.05, 0) is 60.4 Å². The zero-order valence-corrected chi connectivity index (χ0v) is 16.9. The molecule has 0 amide bonds. The topological polar surface area (TPSA) is 40.5 Å². The average Bonchev–Trinajstić information content (AvgIpc) is 2.70. The number of nitrogens with zero attached hydrogens (tertiary/aromatic N) is 1. The van der Waals surface area contributed by atoms with Gasteiger partial charge < -0.3 is 10.0 Å². The zero-order valence-electron chi connectivity index (χ0n) is 16.1. The fraction of sp³-hybridized carbons (Fsp3) is 0.261. The number of rotatable bonds is 8. The lowest BCUT2D eigenvalue weighted by Gasteiger charge is -2.34. The van der Waals surface area contributed by atoms with Crippen molar-refractivity contribution in [3.8, 4) is 0 Å². The van der Waals surface area contributed by atoms with Gasteiger partial charge in [0, 0.05) is 18.0 Å². The summed E-state index contributed by atoms with van der Waals surface area (Å²) in [7, 11) is 0. The Bertz CT molecular complexity index is 894. The van der Waals surface area contributed by atoms with Crippen LogP contribution in [0.1, 0.15) is 24.5 Å². The molecule has 1 aliphatic heterocycles. The molecular formula is C23H23F2NO2S. The highest BCUT2D eigenvalue weighted by atomic mass is 32.2. The van der Waals surface area contributed by atoms with Crippen LogP contribution in [-0.2, 0) is 17.8 Å². The van der Waals surface area contributed by atoms with Crippen molar-refractivity contribution in [2.45, 2.75) is 36.9 Å². The van der Waals surface area contributed by atoms with E-state index in [2.05, 4.69) is 6.92 Å². The lowest BCUT2D eigenvalue weighted by atomic mass is 10.1. The normalized spacial score (nSPS) is 17.1. The van der Waals surface area contributed by atoms with Gasteiger partial charge in [-0.1, -0.05) is 31.2 Å². The number of aliphatic carboxylic acids is 1. The molecule has 2 aromatic rings. The Morgan fingerprint density at radius 1 is 1.07 bits per heavy atom. The first-order valence-electron chi connectivity index (χ1n) is 9.44. The van der Waals surface area contributed by atoms with Crippen LogP contribution in [0.15, 0.2) is 72.5 Å². The fourth-order valence-electron chi connectivity index (χ4n) is 3.17. The summed E-state index contributed by atoms with van der Waals surface area (Å²) >= 11 is 1.59. The van der Waals surface area contributed by atoms with Crippen molar-refractivity contribution in [2.24, 2.45) is 0 Å². The second kappa shape index (κ2) is 9.74. The molecule has 0 bridgehead atoms. The molecule has 1 N–H and O–H groups in total. The predicted octanol–water partition coefficient (Wildman–Crippen LogP) is 5.39. The number of hydrogen-bond donors (Lipinski definition) is 1. The van der Waals surface area contributed by atoms with Crippen LogP contribution in [0.3, 0.4) is 0 Å². The molecule has 0 radical (unpaired) electrons. The van der Waals surface area contributed by atoms with E-state index in [0.717, 1.165) is 24.0 Å². The molecule has 2 atom stereocenters. The summed E-state index contributed by atoms with van der Waals surface area (Å²) in [5, 5.41) is 9.50. The van der Waals surface area contributed by atoms with Gasteiger partial charge in [-0.25, -0.2) is 13.6 Å². The largest absolute Gasteiger partial charge is 0.478 e. The molecule has 0 spiro atoms. The van der Waals surface area contributed by atoms with Gasteiger partial charge in [0.1, 0.15) is 17.0 Å². The summed E-state index contributed by atoms with van der Waals surface area (Å²) < 4.78 is 26.2. The van der Waals surface area contributed by atoms with Crippen LogP contribution in [0.4, 0.5) is 8.78 Å². The van der Waals surface area contributed by atoms with Crippen LogP contribution in [-0.4, -0.2) is 26.6 Å². The van der Waals surface area contributed by atoms with Gasteiger partial charge in [0.25, 0.3) is 0 Å². The molecule has 152 valence electrons. The minimum absolute atomic E-state index is 0.190. The summed E-state index contributed by atoms with van der Waals surface area (Å²) in [5.74, 6) is -1.49.